The highest BCUT2D eigenvalue weighted by Crippen LogP contribution is 2.13. The maximum atomic E-state index is 5.24. The third kappa shape index (κ3) is 3.89. The van der Waals surface area contributed by atoms with Crippen LogP contribution in [0.2, 0.25) is 0 Å². The van der Waals surface area contributed by atoms with Gasteiger partial charge in [0.1, 0.15) is 0 Å². The number of hydrogen-bond acceptors (Lipinski definition) is 2. The van der Waals surface area contributed by atoms with Crippen molar-refractivity contribution < 1.29 is 0 Å². The molecule has 1 heterocycles. The molecule has 0 aromatic heterocycles. The van der Waals surface area contributed by atoms with Crippen LogP contribution in [-0.4, -0.2) is 30.6 Å². The van der Waals surface area contributed by atoms with Gasteiger partial charge in [0.25, 0.3) is 0 Å². The normalized spacial score (nSPS) is 20.3. The highest BCUT2D eigenvalue weighted by molar-refractivity contribution is 5.14. The van der Waals surface area contributed by atoms with Gasteiger partial charge in [-0.05, 0) is 12.0 Å². The molecule has 0 spiro atoms. The van der Waals surface area contributed by atoms with Crippen LogP contribution in [0.15, 0.2) is 30.3 Å². The second-order valence-electron chi connectivity index (χ2n) is 4.61. The molecule has 0 radical (unpaired) electrons. The van der Waals surface area contributed by atoms with Crippen molar-refractivity contribution >= 4 is 0 Å². The number of benzene rings is 1. The van der Waals surface area contributed by atoms with Gasteiger partial charge in [0, 0.05) is 38.6 Å². The minimum absolute atomic E-state index is 0.618. The fourth-order valence-electron chi connectivity index (χ4n) is 2.33. The van der Waals surface area contributed by atoms with Gasteiger partial charge in [-0.3, -0.25) is 4.90 Å². The zero-order chi connectivity index (χ0) is 11.9. The first-order valence-corrected chi connectivity index (χ1v) is 6.31. The molecular formula is C15H20N2. The molecule has 17 heavy (non-hydrogen) atoms. The summed E-state index contributed by atoms with van der Waals surface area (Å²) in [6.07, 6.45) is 7.30. The maximum Gasteiger partial charge on any atom is 0.0234 e. The molecule has 1 N–H and O–H groups in total. The molecule has 1 atom stereocenters. The average molecular weight is 228 g/mol. The molecule has 0 saturated carbocycles. The molecule has 2 heteroatoms. The lowest BCUT2D eigenvalue weighted by Gasteiger charge is -2.16. The van der Waals surface area contributed by atoms with Gasteiger partial charge in [0.2, 0.25) is 0 Å². The number of likely N-dealkylation sites (tertiary alicyclic amines) is 1. The van der Waals surface area contributed by atoms with Gasteiger partial charge in [0.05, 0.1) is 0 Å². The molecule has 2 nitrogen and oxygen atoms in total. The third-order valence-electron chi connectivity index (χ3n) is 3.22. The van der Waals surface area contributed by atoms with Crippen molar-refractivity contribution in [1.29, 1.82) is 0 Å². The van der Waals surface area contributed by atoms with Crippen LogP contribution in [0.4, 0.5) is 0 Å². The van der Waals surface area contributed by atoms with Crippen LogP contribution in [0.1, 0.15) is 18.4 Å². The van der Waals surface area contributed by atoms with Gasteiger partial charge < -0.3 is 5.32 Å². The van der Waals surface area contributed by atoms with E-state index in [0.29, 0.717) is 6.04 Å². The fraction of sp³-hybridized carbons (Fsp3) is 0.467. The third-order valence-corrected chi connectivity index (χ3v) is 3.22. The Balaban J connectivity index is 1.73. The summed E-state index contributed by atoms with van der Waals surface area (Å²) in [5.74, 6) is 2.67. The van der Waals surface area contributed by atoms with Gasteiger partial charge in [-0.25, -0.2) is 0 Å². The standard InChI is InChI=1S/C15H20N2/c1-2-3-10-16-15-9-11-17(13-15)12-14-7-5-4-6-8-14/h1,4-8,15-16H,3,9-13H2. The molecule has 0 aliphatic carbocycles. The van der Waals surface area contributed by atoms with Crippen LogP contribution in [0.25, 0.3) is 0 Å². The van der Waals surface area contributed by atoms with E-state index in [1.807, 2.05) is 0 Å². The second-order valence-corrected chi connectivity index (χ2v) is 4.61. The van der Waals surface area contributed by atoms with E-state index in [2.05, 4.69) is 46.5 Å². The lowest BCUT2D eigenvalue weighted by atomic mass is 10.2. The summed E-state index contributed by atoms with van der Waals surface area (Å²) in [7, 11) is 0. The van der Waals surface area contributed by atoms with Crippen molar-refractivity contribution in [2.75, 3.05) is 19.6 Å². The SMILES string of the molecule is C#CCCNC1CCN(Cc2ccccc2)C1. The molecule has 1 unspecified atom stereocenters. The van der Waals surface area contributed by atoms with Crippen LogP contribution in [-0.2, 0) is 6.54 Å². The van der Waals surface area contributed by atoms with Crippen LogP contribution < -0.4 is 5.32 Å². The van der Waals surface area contributed by atoms with Crippen molar-refractivity contribution in [3.8, 4) is 12.3 Å². The topological polar surface area (TPSA) is 15.3 Å². The summed E-state index contributed by atoms with van der Waals surface area (Å²) in [5, 5.41) is 3.51. The Morgan fingerprint density at radius 3 is 2.94 bits per heavy atom. The Bertz CT molecular complexity index is 366. The number of hydrogen-bond donors (Lipinski definition) is 1. The zero-order valence-corrected chi connectivity index (χ0v) is 10.2. The highest BCUT2D eigenvalue weighted by atomic mass is 15.2. The summed E-state index contributed by atoms with van der Waals surface area (Å²) in [6.45, 7) is 4.33. The Morgan fingerprint density at radius 1 is 1.35 bits per heavy atom. The minimum atomic E-state index is 0.618. The predicted octanol–water partition coefficient (Wildman–Crippen LogP) is 1.87. The minimum Gasteiger partial charge on any atom is -0.312 e. The molecule has 1 aliphatic heterocycles. The van der Waals surface area contributed by atoms with E-state index in [1.165, 1.54) is 18.5 Å². The van der Waals surface area contributed by atoms with E-state index < -0.39 is 0 Å². The molecule has 1 saturated heterocycles. The van der Waals surface area contributed by atoms with Crippen LogP contribution in [0.3, 0.4) is 0 Å². The molecular weight excluding hydrogens is 208 g/mol. The molecule has 2 rings (SSSR count). The van der Waals surface area contributed by atoms with Gasteiger partial charge in [0.15, 0.2) is 0 Å². The van der Waals surface area contributed by atoms with E-state index in [4.69, 9.17) is 6.42 Å². The Kier molecular flexibility index (Phi) is 4.61. The lowest BCUT2D eigenvalue weighted by molar-refractivity contribution is 0.320. The van der Waals surface area contributed by atoms with Gasteiger partial charge >= 0.3 is 0 Å². The maximum absolute atomic E-state index is 5.24. The monoisotopic (exact) mass is 228 g/mol. The molecule has 90 valence electrons. The molecule has 0 amide bonds. The first-order valence-electron chi connectivity index (χ1n) is 6.31. The Labute approximate surface area is 104 Å². The smallest absolute Gasteiger partial charge is 0.0234 e. The summed E-state index contributed by atoms with van der Waals surface area (Å²) in [4.78, 5) is 2.50. The van der Waals surface area contributed by atoms with Crippen molar-refractivity contribution in [3.05, 3.63) is 35.9 Å². The molecule has 0 bridgehead atoms. The first-order chi connectivity index (χ1) is 8.38. The predicted molar refractivity (Wildman–Crippen MR) is 71.6 cm³/mol. The average Bonchev–Trinajstić information content (AvgIpc) is 2.79. The number of nitrogens with zero attached hydrogens (tertiary/aromatic N) is 1. The van der Waals surface area contributed by atoms with Crippen molar-refractivity contribution in [3.63, 3.8) is 0 Å². The molecule has 1 aromatic rings. The van der Waals surface area contributed by atoms with Crippen LogP contribution >= 0.6 is 0 Å². The number of terminal acetylenes is 1. The quantitative estimate of drug-likeness (QED) is 0.611. The van der Waals surface area contributed by atoms with E-state index in [-0.39, 0.29) is 0 Å². The van der Waals surface area contributed by atoms with Gasteiger partial charge in [-0.1, -0.05) is 30.3 Å². The number of rotatable bonds is 5. The van der Waals surface area contributed by atoms with Gasteiger partial charge in [-0.2, -0.15) is 0 Å². The highest BCUT2D eigenvalue weighted by Gasteiger charge is 2.21. The van der Waals surface area contributed by atoms with E-state index >= 15 is 0 Å². The van der Waals surface area contributed by atoms with Crippen molar-refractivity contribution in [1.82, 2.24) is 10.2 Å². The van der Waals surface area contributed by atoms with E-state index in [9.17, 15) is 0 Å². The summed E-state index contributed by atoms with van der Waals surface area (Å²) in [5.41, 5.74) is 1.40. The largest absolute Gasteiger partial charge is 0.312 e. The molecule has 1 aliphatic rings. The second kappa shape index (κ2) is 6.44. The van der Waals surface area contributed by atoms with Crippen molar-refractivity contribution in [2.45, 2.75) is 25.4 Å². The van der Waals surface area contributed by atoms with Crippen LogP contribution in [0, 0.1) is 12.3 Å². The zero-order valence-electron chi connectivity index (χ0n) is 10.2. The molecule has 1 aromatic carbocycles. The van der Waals surface area contributed by atoms with Crippen LogP contribution in [0.5, 0.6) is 0 Å². The van der Waals surface area contributed by atoms with E-state index in [0.717, 1.165) is 26.1 Å². The Morgan fingerprint density at radius 2 is 2.18 bits per heavy atom. The first kappa shape index (κ1) is 12.2. The summed E-state index contributed by atoms with van der Waals surface area (Å²) in [6, 6.07) is 11.3. The van der Waals surface area contributed by atoms with E-state index in [1.54, 1.807) is 0 Å². The fourth-order valence-corrected chi connectivity index (χ4v) is 2.33. The summed E-state index contributed by atoms with van der Waals surface area (Å²) < 4.78 is 0. The molecule has 1 fully saturated rings. The lowest BCUT2D eigenvalue weighted by Crippen LogP contribution is -2.32. The van der Waals surface area contributed by atoms with Crippen molar-refractivity contribution in [2.24, 2.45) is 0 Å². The van der Waals surface area contributed by atoms with Gasteiger partial charge in [-0.15, -0.1) is 12.3 Å². The summed E-state index contributed by atoms with van der Waals surface area (Å²) >= 11 is 0. The number of nitrogens with one attached hydrogen (secondary N) is 1. The Hall–Kier alpha value is -1.30.